The smallest absolute Gasteiger partial charge is 0.351 e. The summed E-state index contributed by atoms with van der Waals surface area (Å²) >= 11 is 0. The van der Waals surface area contributed by atoms with E-state index in [2.05, 4.69) is 0 Å². The first-order valence-electron chi connectivity index (χ1n) is 6.93. The van der Waals surface area contributed by atoms with E-state index in [9.17, 15) is 9.59 Å². The van der Waals surface area contributed by atoms with Crippen LogP contribution in [0.4, 0.5) is 0 Å². The van der Waals surface area contributed by atoms with Crippen LogP contribution in [0.3, 0.4) is 0 Å². The molecule has 0 aromatic rings. The Morgan fingerprint density at radius 2 is 1.85 bits per heavy atom. The highest BCUT2D eigenvalue weighted by atomic mass is 16.7. The van der Waals surface area contributed by atoms with Gasteiger partial charge in [0.1, 0.15) is 12.9 Å². The van der Waals surface area contributed by atoms with Crippen LogP contribution in [0.1, 0.15) is 33.6 Å². The summed E-state index contributed by atoms with van der Waals surface area (Å²) in [5.74, 6) is -0.780. The van der Waals surface area contributed by atoms with Crippen molar-refractivity contribution in [2.75, 3.05) is 20.0 Å². The van der Waals surface area contributed by atoms with Gasteiger partial charge in [-0.1, -0.05) is 13.8 Å². The van der Waals surface area contributed by atoms with Gasteiger partial charge in [-0.25, -0.2) is 4.79 Å². The molecule has 20 heavy (non-hydrogen) atoms. The van der Waals surface area contributed by atoms with E-state index in [1.54, 1.807) is 0 Å². The molecule has 3 aliphatic rings. The summed E-state index contributed by atoms with van der Waals surface area (Å²) in [6.07, 6.45) is 0.716. The Balaban J connectivity index is 1.82. The minimum atomic E-state index is -1.17. The lowest BCUT2D eigenvalue weighted by atomic mass is 9.66. The van der Waals surface area contributed by atoms with Gasteiger partial charge in [0.05, 0.1) is 18.6 Å². The van der Waals surface area contributed by atoms with Gasteiger partial charge in [0, 0.05) is 5.41 Å². The fourth-order valence-electron chi connectivity index (χ4n) is 3.48. The number of hydrogen-bond acceptors (Lipinski definition) is 6. The van der Waals surface area contributed by atoms with Gasteiger partial charge in [0.25, 0.3) is 0 Å². The fraction of sp³-hybridized carbons (Fsp3) is 0.857. The van der Waals surface area contributed by atoms with E-state index < -0.39 is 28.5 Å². The minimum Gasteiger partial charge on any atom is -0.454 e. The molecule has 2 saturated heterocycles. The maximum absolute atomic E-state index is 12.6. The molecule has 1 aliphatic carbocycles. The molecule has 2 aliphatic heterocycles. The van der Waals surface area contributed by atoms with Gasteiger partial charge >= 0.3 is 11.9 Å². The maximum Gasteiger partial charge on any atom is 0.351 e. The molecule has 2 heterocycles. The zero-order valence-corrected chi connectivity index (χ0v) is 12.1. The van der Waals surface area contributed by atoms with Gasteiger partial charge in [-0.05, 0) is 19.8 Å². The van der Waals surface area contributed by atoms with Crippen LogP contribution in [-0.2, 0) is 28.5 Å². The summed E-state index contributed by atoms with van der Waals surface area (Å²) in [6.45, 7) is 6.52. The zero-order valence-electron chi connectivity index (χ0n) is 12.1. The second-order valence-corrected chi connectivity index (χ2v) is 6.56. The number of ether oxygens (including phenoxy) is 4. The van der Waals surface area contributed by atoms with Crippen molar-refractivity contribution in [2.45, 2.75) is 45.3 Å². The molecule has 6 heteroatoms. The molecule has 6 nitrogen and oxygen atoms in total. The van der Waals surface area contributed by atoms with E-state index in [0.29, 0.717) is 26.1 Å². The van der Waals surface area contributed by atoms with Crippen molar-refractivity contribution in [3.05, 3.63) is 0 Å². The molecule has 0 amide bonds. The molecule has 0 spiro atoms. The molecular formula is C14H20O6. The summed E-state index contributed by atoms with van der Waals surface area (Å²) in [5.41, 5.74) is -2.37. The van der Waals surface area contributed by atoms with Crippen LogP contribution >= 0.6 is 0 Å². The van der Waals surface area contributed by atoms with Crippen molar-refractivity contribution in [1.29, 1.82) is 0 Å². The molecule has 0 aromatic heterocycles. The quantitative estimate of drug-likeness (QED) is 0.705. The van der Waals surface area contributed by atoms with Crippen LogP contribution < -0.4 is 0 Å². The maximum atomic E-state index is 12.6. The monoisotopic (exact) mass is 284 g/mol. The van der Waals surface area contributed by atoms with E-state index >= 15 is 0 Å². The molecule has 3 fully saturated rings. The highest BCUT2D eigenvalue weighted by Gasteiger charge is 2.76. The predicted molar refractivity (Wildman–Crippen MR) is 66.6 cm³/mol. The molecule has 3 rings (SSSR count). The first kappa shape index (κ1) is 13.8. The SMILES string of the molecule is CC12CCC(C(=O)OC3COCOC3)(OC1=O)C2(C)C. The van der Waals surface area contributed by atoms with Gasteiger partial charge in [-0.2, -0.15) is 0 Å². The Kier molecular flexibility index (Phi) is 2.89. The van der Waals surface area contributed by atoms with E-state index in [1.807, 2.05) is 20.8 Å². The first-order chi connectivity index (χ1) is 9.33. The second-order valence-electron chi connectivity index (χ2n) is 6.56. The van der Waals surface area contributed by atoms with Crippen LogP contribution in [0.25, 0.3) is 0 Å². The van der Waals surface area contributed by atoms with E-state index in [-0.39, 0.29) is 12.8 Å². The van der Waals surface area contributed by atoms with Gasteiger partial charge in [-0.15, -0.1) is 0 Å². The molecule has 0 N–H and O–H groups in total. The van der Waals surface area contributed by atoms with Crippen LogP contribution in [0.5, 0.6) is 0 Å². The number of hydrogen-bond donors (Lipinski definition) is 0. The molecule has 0 radical (unpaired) electrons. The highest BCUT2D eigenvalue weighted by molar-refractivity contribution is 5.93. The van der Waals surface area contributed by atoms with E-state index in [0.717, 1.165) is 0 Å². The largest absolute Gasteiger partial charge is 0.454 e. The summed E-state index contributed by atoms with van der Waals surface area (Å²) in [4.78, 5) is 24.7. The second kappa shape index (κ2) is 4.18. The third-order valence-corrected chi connectivity index (χ3v) is 5.46. The molecule has 0 aromatic carbocycles. The van der Waals surface area contributed by atoms with Gasteiger partial charge in [0.2, 0.25) is 5.60 Å². The number of esters is 2. The van der Waals surface area contributed by atoms with Crippen LogP contribution in [0.15, 0.2) is 0 Å². The number of fused-ring (bicyclic) bond motifs is 2. The minimum absolute atomic E-state index is 0.220. The van der Waals surface area contributed by atoms with Crippen molar-refractivity contribution in [2.24, 2.45) is 10.8 Å². The average molecular weight is 284 g/mol. The Hall–Kier alpha value is -1.14. The van der Waals surface area contributed by atoms with Crippen LogP contribution in [0, 0.1) is 10.8 Å². The van der Waals surface area contributed by atoms with Crippen LogP contribution in [0.2, 0.25) is 0 Å². The Morgan fingerprint density at radius 1 is 1.20 bits per heavy atom. The highest BCUT2D eigenvalue weighted by Crippen LogP contribution is 2.65. The van der Waals surface area contributed by atoms with E-state index in [1.165, 1.54) is 0 Å². The van der Waals surface area contributed by atoms with Crippen molar-refractivity contribution < 1.29 is 28.5 Å². The molecule has 2 atom stereocenters. The molecule has 112 valence electrons. The lowest BCUT2D eigenvalue weighted by Gasteiger charge is -2.35. The predicted octanol–water partition coefficient (Wildman–Crippen LogP) is 1.02. The van der Waals surface area contributed by atoms with Crippen molar-refractivity contribution in [3.63, 3.8) is 0 Å². The normalized spacial score (nSPS) is 39.6. The lowest BCUT2D eigenvalue weighted by molar-refractivity contribution is -0.205. The topological polar surface area (TPSA) is 71.1 Å². The number of carbonyl (C=O) groups excluding carboxylic acids is 2. The van der Waals surface area contributed by atoms with Crippen molar-refractivity contribution in [3.8, 4) is 0 Å². The Labute approximate surface area is 117 Å². The summed E-state index contributed by atoms with van der Waals surface area (Å²) in [6, 6.07) is 0. The van der Waals surface area contributed by atoms with Crippen molar-refractivity contribution in [1.82, 2.24) is 0 Å². The summed E-state index contributed by atoms with van der Waals surface area (Å²) in [5, 5.41) is 0. The van der Waals surface area contributed by atoms with Gasteiger partial charge < -0.3 is 18.9 Å². The van der Waals surface area contributed by atoms with Crippen LogP contribution in [-0.4, -0.2) is 43.7 Å². The first-order valence-corrected chi connectivity index (χ1v) is 6.93. The summed E-state index contributed by atoms with van der Waals surface area (Å²) < 4.78 is 21.2. The lowest BCUT2D eigenvalue weighted by Crippen LogP contribution is -2.51. The number of carbonyl (C=O) groups is 2. The van der Waals surface area contributed by atoms with Gasteiger partial charge in [0.15, 0.2) is 0 Å². The van der Waals surface area contributed by atoms with Crippen molar-refractivity contribution >= 4 is 11.9 Å². The molecular weight excluding hydrogens is 264 g/mol. The standard InChI is InChI=1S/C14H20O6/c1-12(2)13(3)4-5-14(12,20-10(13)15)11(16)19-9-6-17-8-18-7-9/h9H,4-8H2,1-3H3. The number of rotatable bonds is 2. The fourth-order valence-corrected chi connectivity index (χ4v) is 3.48. The van der Waals surface area contributed by atoms with Gasteiger partial charge in [-0.3, -0.25) is 4.79 Å². The summed E-state index contributed by atoms with van der Waals surface area (Å²) in [7, 11) is 0. The zero-order chi connectivity index (χ0) is 14.6. The Morgan fingerprint density at radius 3 is 2.35 bits per heavy atom. The Bertz CT molecular complexity index is 453. The molecule has 2 bridgehead atoms. The molecule has 1 saturated carbocycles. The average Bonchev–Trinajstić information content (AvgIpc) is 2.70. The third kappa shape index (κ3) is 1.52. The third-order valence-electron chi connectivity index (χ3n) is 5.46. The van der Waals surface area contributed by atoms with E-state index in [4.69, 9.17) is 18.9 Å². The molecule has 2 unspecified atom stereocenters.